The first-order valence-electron chi connectivity index (χ1n) is 10.2. The van der Waals surface area contributed by atoms with Crippen molar-refractivity contribution >= 4 is 26.4 Å². The van der Waals surface area contributed by atoms with Crippen LogP contribution in [0, 0.1) is 0 Å². The zero-order chi connectivity index (χ0) is 21.7. The summed E-state index contributed by atoms with van der Waals surface area (Å²) < 4.78 is 25.9. The van der Waals surface area contributed by atoms with Crippen molar-refractivity contribution in [2.45, 2.75) is 29.9 Å². The Kier molecular flexibility index (Phi) is 6.23. The van der Waals surface area contributed by atoms with Crippen LogP contribution >= 0.6 is 0 Å². The normalized spacial score (nSPS) is 11.5. The maximum atomic E-state index is 13.0. The average molecular weight is 430 g/mol. The monoisotopic (exact) mass is 429 g/mol. The number of Topliss-reactive ketones (excluding diaryl/α,β-unsaturated/α-hetero) is 1. The molecule has 4 nitrogen and oxygen atoms in total. The summed E-state index contributed by atoms with van der Waals surface area (Å²) >= 11 is 0. The predicted molar refractivity (Wildman–Crippen MR) is 123 cm³/mol. The third-order valence-electron chi connectivity index (χ3n) is 5.32. The van der Waals surface area contributed by atoms with E-state index in [-0.39, 0.29) is 16.4 Å². The molecule has 31 heavy (non-hydrogen) atoms. The van der Waals surface area contributed by atoms with Crippen LogP contribution in [0.5, 0.6) is 0 Å². The van der Waals surface area contributed by atoms with Gasteiger partial charge in [-0.2, -0.15) is 0 Å². The molecular weight excluding hydrogens is 406 g/mol. The van der Waals surface area contributed by atoms with E-state index in [9.17, 15) is 13.2 Å². The fraction of sp³-hybridized carbons (Fsp3) is 0.154. The van der Waals surface area contributed by atoms with Crippen LogP contribution in [0.1, 0.15) is 23.1 Å². The summed E-state index contributed by atoms with van der Waals surface area (Å²) in [5.41, 5.74) is 2.64. The minimum Gasteiger partial charge on any atom is -0.299 e. The van der Waals surface area contributed by atoms with Gasteiger partial charge in [0.2, 0.25) is 0 Å². The molecule has 4 aromatic rings. The van der Waals surface area contributed by atoms with Crippen LogP contribution < -0.4 is 0 Å². The highest BCUT2D eigenvalue weighted by atomic mass is 32.2. The molecule has 0 saturated carbocycles. The lowest BCUT2D eigenvalue weighted by Gasteiger charge is -2.09. The molecule has 0 N–H and O–H groups in total. The number of nitrogens with zero attached hydrogens (tertiary/aromatic N) is 1. The Balaban J connectivity index is 1.42. The van der Waals surface area contributed by atoms with Crippen molar-refractivity contribution in [1.29, 1.82) is 0 Å². The lowest BCUT2D eigenvalue weighted by molar-refractivity contribution is -0.118. The lowest BCUT2D eigenvalue weighted by atomic mass is 10.0. The Morgan fingerprint density at radius 1 is 0.806 bits per heavy atom. The van der Waals surface area contributed by atoms with Crippen LogP contribution in [0.25, 0.3) is 10.8 Å². The van der Waals surface area contributed by atoms with E-state index in [0.717, 1.165) is 27.5 Å². The summed E-state index contributed by atoms with van der Waals surface area (Å²) in [5, 5.41) is 1.97. The SMILES string of the molecule is O=C(CCc1cccnc1)Cc1ccc(S(=O)(=O)Cc2cccc3ccccc23)cc1. The average Bonchev–Trinajstić information content (AvgIpc) is 2.79. The van der Waals surface area contributed by atoms with Gasteiger partial charge in [0.05, 0.1) is 10.6 Å². The van der Waals surface area contributed by atoms with Crippen molar-refractivity contribution in [1.82, 2.24) is 4.98 Å². The van der Waals surface area contributed by atoms with E-state index in [2.05, 4.69) is 4.98 Å². The summed E-state index contributed by atoms with van der Waals surface area (Å²) in [6.07, 6.45) is 4.87. The van der Waals surface area contributed by atoms with Gasteiger partial charge in [-0.25, -0.2) is 8.42 Å². The summed E-state index contributed by atoms with van der Waals surface area (Å²) in [5.74, 6) is 0.0628. The minimum atomic E-state index is -3.49. The molecule has 0 aliphatic carbocycles. The number of fused-ring (bicyclic) bond motifs is 1. The molecule has 0 aliphatic heterocycles. The molecule has 0 bridgehead atoms. The molecule has 156 valence electrons. The molecule has 0 spiro atoms. The van der Waals surface area contributed by atoms with E-state index in [1.54, 1.807) is 36.7 Å². The maximum Gasteiger partial charge on any atom is 0.182 e. The van der Waals surface area contributed by atoms with Gasteiger partial charge in [0, 0.05) is 25.2 Å². The molecule has 0 fully saturated rings. The highest BCUT2D eigenvalue weighted by molar-refractivity contribution is 7.90. The Hall–Kier alpha value is -3.31. The molecule has 1 aromatic heterocycles. The number of sulfone groups is 1. The van der Waals surface area contributed by atoms with Gasteiger partial charge in [0.1, 0.15) is 5.78 Å². The zero-order valence-corrected chi connectivity index (χ0v) is 17.9. The van der Waals surface area contributed by atoms with Crippen molar-refractivity contribution in [2.24, 2.45) is 0 Å². The van der Waals surface area contributed by atoms with Gasteiger partial charge in [-0.05, 0) is 52.1 Å². The molecule has 0 atom stereocenters. The largest absolute Gasteiger partial charge is 0.299 e. The smallest absolute Gasteiger partial charge is 0.182 e. The van der Waals surface area contributed by atoms with Crippen LogP contribution in [0.15, 0.2) is 96.2 Å². The van der Waals surface area contributed by atoms with E-state index < -0.39 is 9.84 Å². The molecule has 1 heterocycles. The van der Waals surface area contributed by atoms with Gasteiger partial charge in [-0.3, -0.25) is 9.78 Å². The number of pyridine rings is 1. The van der Waals surface area contributed by atoms with Crippen LogP contribution in [-0.4, -0.2) is 19.2 Å². The highest BCUT2D eigenvalue weighted by Crippen LogP contribution is 2.24. The fourth-order valence-electron chi connectivity index (χ4n) is 3.67. The number of carbonyl (C=O) groups excluding carboxylic acids is 1. The fourth-order valence-corrected chi connectivity index (χ4v) is 5.05. The second-order valence-corrected chi connectivity index (χ2v) is 9.61. The summed E-state index contributed by atoms with van der Waals surface area (Å²) in [6, 6.07) is 24.0. The number of hydrogen-bond donors (Lipinski definition) is 0. The number of aryl methyl sites for hydroxylation is 1. The first kappa shape index (κ1) is 20.9. The van der Waals surface area contributed by atoms with E-state index in [1.807, 2.05) is 54.6 Å². The number of aromatic nitrogens is 1. The third kappa shape index (κ3) is 5.25. The van der Waals surface area contributed by atoms with Gasteiger partial charge in [0.15, 0.2) is 9.84 Å². The predicted octanol–water partition coefficient (Wildman–Crippen LogP) is 4.95. The molecule has 4 rings (SSSR count). The van der Waals surface area contributed by atoms with Crippen molar-refractivity contribution in [3.05, 3.63) is 108 Å². The molecule has 3 aromatic carbocycles. The van der Waals surface area contributed by atoms with E-state index in [4.69, 9.17) is 0 Å². The lowest BCUT2D eigenvalue weighted by Crippen LogP contribution is -2.07. The topological polar surface area (TPSA) is 64.1 Å². The molecule has 5 heteroatoms. The van der Waals surface area contributed by atoms with Crippen LogP contribution in [0.4, 0.5) is 0 Å². The van der Waals surface area contributed by atoms with Crippen molar-refractivity contribution in [3.8, 4) is 0 Å². The maximum absolute atomic E-state index is 13.0. The second kappa shape index (κ2) is 9.23. The zero-order valence-electron chi connectivity index (χ0n) is 17.1. The van der Waals surface area contributed by atoms with Gasteiger partial charge in [-0.15, -0.1) is 0 Å². The van der Waals surface area contributed by atoms with Gasteiger partial charge in [-0.1, -0.05) is 60.7 Å². The van der Waals surface area contributed by atoms with Crippen LogP contribution in [0.2, 0.25) is 0 Å². The number of ketones is 1. The van der Waals surface area contributed by atoms with Crippen LogP contribution in [-0.2, 0) is 33.2 Å². The number of benzene rings is 3. The first-order chi connectivity index (χ1) is 15.0. The van der Waals surface area contributed by atoms with Crippen LogP contribution in [0.3, 0.4) is 0 Å². The summed E-state index contributed by atoms with van der Waals surface area (Å²) in [7, 11) is -3.49. The van der Waals surface area contributed by atoms with E-state index in [1.165, 1.54) is 0 Å². The minimum absolute atomic E-state index is 0.0578. The molecule has 0 amide bonds. The van der Waals surface area contributed by atoms with Gasteiger partial charge < -0.3 is 0 Å². The second-order valence-electron chi connectivity index (χ2n) is 7.62. The molecule has 0 saturated heterocycles. The van der Waals surface area contributed by atoms with Gasteiger partial charge in [0.25, 0.3) is 0 Å². The number of carbonyl (C=O) groups is 1. The number of rotatable bonds is 8. The Labute approximate surface area is 182 Å². The van der Waals surface area contributed by atoms with Crippen molar-refractivity contribution < 1.29 is 13.2 Å². The Bertz CT molecular complexity index is 1290. The summed E-state index contributed by atoms with van der Waals surface area (Å²) in [4.78, 5) is 16.6. The third-order valence-corrected chi connectivity index (χ3v) is 7.01. The highest BCUT2D eigenvalue weighted by Gasteiger charge is 2.17. The van der Waals surface area contributed by atoms with Gasteiger partial charge >= 0.3 is 0 Å². The molecule has 0 unspecified atom stereocenters. The van der Waals surface area contributed by atoms with E-state index in [0.29, 0.717) is 19.3 Å². The van der Waals surface area contributed by atoms with Crippen molar-refractivity contribution in [3.63, 3.8) is 0 Å². The van der Waals surface area contributed by atoms with E-state index >= 15 is 0 Å². The molecule has 0 aliphatic rings. The summed E-state index contributed by atoms with van der Waals surface area (Å²) in [6.45, 7) is 0. The molecular formula is C26H23NO3S. The molecule has 0 radical (unpaired) electrons. The number of hydrogen-bond acceptors (Lipinski definition) is 4. The standard InChI is InChI=1S/C26H23NO3S/c28-24(13-10-21-5-4-16-27-18-21)17-20-11-14-25(15-12-20)31(29,30)19-23-8-3-7-22-6-1-2-9-26(22)23/h1-9,11-12,14-16,18H,10,13,17,19H2. The quantitative estimate of drug-likeness (QED) is 0.397. The van der Waals surface area contributed by atoms with Crippen molar-refractivity contribution in [2.75, 3.05) is 0 Å². The Morgan fingerprint density at radius 2 is 1.58 bits per heavy atom. The Morgan fingerprint density at radius 3 is 2.35 bits per heavy atom. The first-order valence-corrected chi connectivity index (χ1v) is 11.9.